The summed E-state index contributed by atoms with van der Waals surface area (Å²) < 4.78 is 4.82. The molecule has 1 fully saturated rings. The van der Waals surface area contributed by atoms with Crippen LogP contribution in [0.2, 0.25) is 0 Å². The van der Waals surface area contributed by atoms with E-state index in [4.69, 9.17) is 10.5 Å². The average Bonchev–Trinajstić information content (AvgIpc) is 2.37. The lowest BCUT2D eigenvalue weighted by Crippen LogP contribution is -2.55. The van der Waals surface area contributed by atoms with E-state index in [1.165, 1.54) is 7.11 Å². The van der Waals surface area contributed by atoms with Gasteiger partial charge in [0.1, 0.15) is 6.61 Å². The Kier molecular flexibility index (Phi) is 6.24. The van der Waals surface area contributed by atoms with Crippen molar-refractivity contribution in [3.05, 3.63) is 0 Å². The number of nitrogens with zero attached hydrogens (tertiary/aromatic N) is 2. The largest absolute Gasteiger partial charge is 0.375 e. The van der Waals surface area contributed by atoms with Gasteiger partial charge in [0.25, 0.3) is 0 Å². The summed E-state index contributed by atoms with van der Waals surface area (Å²) in [4.78, 5) is 27.2. The minimum atomic E-state index is -0.429. The Balaban J connectivity index is 2.40. The molecular weight excluding hydrogens is 246 g/mol. The smallest absolute Gasteiger partial charge is 0.248 e. The Labute approximate surface area is 114 Å². The second-order valence-corrected chi connectivity index (χ2v) is 5.38. The first-order valence-corrected chi connectivity index (χ1v) is 6.76. The van der Waals surface area contributed by atoms with Crippen LogP contribution in [0.25, 0.3) is 0 Å². The predicted octanol–water partition coefficient (Wildman–Crippen LogP) is -0.323. The average molecular weight is 271 g/mol. The Bertz CT molecular complexity index is 312. The third kappa shape index (κ3) is 4.80. The normalized spacial score (nSPS) is 17.7. The highest BCUT2D eigenvalue weighted by atomic mass is 16.5. The van der Waals surface area contributed by atoms with Crippen molar-refractivity contribution in [2.24, 2.45) is 11.7 Å². The standard InChI is InChI=1S/C13H25N3O3/c1-10(2)8-11(14)13(18)16-6-4-15(5-7-16)12(17)9-19-3/h10-11H,4-9,14H2,1-3H3. The van der Waals surface area contributed by atoms with E-state index in [0.717, 1.165) is 0 Å². The molecule has 110 valence electrons. The van der Waals surface area contributed by atoms with Crippen LogP contribution < -0.4 is 5.73 Å². The molecule has 0 saturated carbocycles. The number of carbonyl (C=O) groups excluding carboxylic acids is 2. The molecule has 0 aromatic rings. The number of methoxy groups -OCH3 is 1. The zero-order chi connectivity index (χ0) is 14.4. The van der Waals surface area contributed by atoms with Crippen LogP contribution in [0, 0.1) is 5.92 Å². The number of piperazine rings is 1. The maximum Gasteiger partial charge on any atom is 0.248 e. The fraction of sp³-hybridized carbons (Fsp3) is 0.846. The first-order valence-electron chi connectivity index (χ1n) is 6.76. The molecule has 0 spiro atoms. The minimum absolute atomic E-state index is 0.00691. The van der Waals surface area contributed by atoms with Crippen molar-refractivity contribution in [2.75, 3.05) is 39.9 Å². The third-order valence-electron chi connectivity index (χ3n) is 3.25. The molecule has 2 N–H and O–H groups in total. The number of amides is 2. The highest BCUT2D eigenvalue weighted by molar-refractivity contribution is 5.82. The summed E-state index contributed by atoms with van der Waals surface area (Å²) in [5.74, 6) is 0.372. The number of nitrogens with two attached hydrogens (primary N) is 1. The fourth-order valence-corrected chi connectivity index (χ4v) is 2.23. The molecule has 19 heavy (non-hydrogen) atoms. The summed E-state index contributed by atoms with van der Waals surface area (Å²) in [5.41, 5.74) is 5.90. The molecule has 1 heterocycles. The molecule has 1 aliphatic rings. The van der Waals surface area contributed by atoms with E-state index in [0.29, 0.717) is 38.5 Å². The molecular formula is C13H25N3O3. The van der Waals surface area contributed by atoms with Crippen LogP contribution in [0.5, 0.6) is 0 Å². The van der Waals surface area contributed by atoms with Crippen LogP contribution in [0.3, 0.4) is 0 Å². The Morgan fingerprint density at radius 2 is 1.68 bits per heavy atom. The molecule has 1 aliphatic heterocycles. The molecule has 6 heteroatoms. The van der Waals surface area contributed by atoms with Gasteiger partial charge in [-0.1, -0.05) is 13.8 Å². The van der Waals surface area contributed by atoms with Gasteiger partial charge in [-0.3, -0.25) is 9.59 Å². The zero-order valence-corrected chi connectivity index (χ0v) is 12.1. The van der Waals surface area contributed by atoms with Crippen molar-refractivity contribution in [2.45, 2.75) is 26.3 Å². The number of ether oxygens (including phenoxy) is 1. The van der Waals surface area contributed by atoms with E-state index in [-0.39, 0.29) is 18.4 Å². The van der Waals surface area contributed by atoms with Crippen LogP contribution in [-0.2, 0) is 14.3 Å². The molecule has 0 aromatic carbocycles. The minimum Gasteiger partial charge on any atom is -0.375 e. The topological polar surface area (TPSA) is 75.9 Å². The van der Waals surface area contributed by atoms with Crippen molar-refractivity contribution in [3.8, 4) is 0 Å². The van der Waals surface area contributed by atoms with Gasteiger partial charge in [0.2, 0.25) is 11.8 Å². The summed E-state index contributed by atoms with van der Waals surface area (Å²) in [6.07, 6.45) is 0.696. The lowest BCUT2D eigenvalue weighted by Gasteiger charge is -2.36. The molecule has 0 bridgehead atoms. The number of hydrogen-bond donors (Lipinski definition) is 1. The maximum absolute atomic E-state index is 12.1. The van der Waals surface area contributed by atoms with E-state index in [2.05, 4.69) is 13.8 Å². The molecule has 1 unspecified atom stereocenters. The van der Waals surface area contributed by atoms with Gasteiger partial charge in [-0.05, 0) is 12.3 Å². The van der Waals surface area contributed by atoms with E-state index >= 15 is 0 Å². The van der Waals surface area contributed by atoms with Gasteiger partial charge in [-0.25, -0.2) is 0 Å². The summed E-state index contributed by atoms with van der Waals surface area (Å²) in [7, 11) is 1.50. The molecule has 0 aliphatic carbocycles. The van der Waals surface area contributed by atoms with Crippen molar-refractivity contribution in [1.29, 1.82) is 0 Å². The van der Waals surface area contributed by atoms with E-state index in [1.807, 2.05) is 0 Å². The zero-order valence-electron chi connectivity index (χ0n) is 12.1. The highest BCUT2D eigenvalue weighted by Gasteiger charge is 2.27. The second-order valence-electron chi connectivity index (χ2n) is 5.38. The van der Waals surface area contributed by atoms with Crippen LogP contribution in [0.4, 0.5) is 0 Å². The van der Waals surface area contributed by atoms with E-state index in [9.17, 15) is 9.59 Å². The first-order chi connectivity index (χ1) is 8.95. The molecule has 1 rings (SSSR count). The predicted molar refractivity (Wildman–Crippen MR) is 72.5 cm³/mol. The van der Waals surface area contributed by atoms with Crippen LogP contribution in [-0.4, -0.2) is 67.6 Å². The van der Waals surface area contributed by atoms with Gasteiger partial charge < -0.3 is 20.3 Å². The number of rotatable bonds is 5. The second kappa shape index (κ2) is 7.45. The quantitative estimate of drug-likeness (QED) is 0.743. The van der Waals surface area contributed by atoms with E-state index < -0.39 is 6.04 Å². The molecule has 0 aromatic heterocycles. The van der Waals surface area contributed by atoms with Gasteiger partial charge in [-0.2, -0.15) is 0 Å². The van der Waals surface area contributed by atoms with E-state index in [1.54, 1.807) is 9.80 Å². The SMILES string of the molecule is COCC(=O)N1CCN(C(=O)C(N)CC(C)C)CC1. The Morgan fingerprint density at radius 1 is 1.16 bits per heavy atom. The van der Waals surface area contributed by atoms with Gasteiger partial charge in [-0.15, -0.1) is 0 Å². The summed E-state index contributed by atoms with van der Waals surface area (Å²) in [6.45, 7) is 6.43. The van der Waals surface area contributed by atoms with Gasteiger partial charge >= 0.3 is 0 Å². The lowest BCUT2D eigenvalue weighted by molar-refractivity contribution is -0.142. The van der Waals surface area contributed by atoms with Gasteiger partial charge in [0.15, 0.2) is 0 Å². The van der Waals surface area contributed by atoms with Gasteiger partial charge in [0, 0.05) is 33.3 Å². The van der Waals surface area contributed by atoms with Crippen LogP contribution in [0.15, 0.2) is 0 Å². The highest BCUT2D eigenvalue weighted by Crippen LogP contribution is 2.09. The summed E-state index contributed by atoms with van der Waals surface area (Å²) >= 11 is 0. The monoisotopic (exact) mass is 271 g/mol. The van der Waals surface area contributed by atoms with Crippen LogP contribution >= 0.6 is 0 Å². The van der Waals surface area contributed by atoms with Crippen molar-refractivity contribution < 1.29 is 14.3 Å². The number of carbonyl (C=O) groups is 2. The third-order valence-corrected chi connectivity index (χ3v) is 3.25. The van der Waals surface area contributed by atoms with Crippen molar-refractivity contribution >= 4 is 11.8 Å². The molecule has 6 nitrogen and oxygen atoms in total. The van der Waals surface area contributed by atoms with Crippen molar-refractivity contribution in [1.82, 2.24) is 9.80 Å². The molecule has 1 saturated heterocycles. The van der Waals surface area contributed by atoms with Crippen LogP contribution in [0.1, 0.15) is 20.3 Å². The summed E-state index contributed by atoms with van der Waals surface area (Å²) in [6, 6.07) is -0.429. The fourth-order valence-electron chi connectivity index (χ4n) is 2.23. The molecule has 1 atom stereocenters. The Hall–Kier alpha value is -1.14. The summed E-state index contributed by atoms with van der Waals surface area (Å²) in [5, 5.41) is 0. The Morgan fingerprint density at radius 3 is 2.16 bits per heavy atom. The lowest BCUT2D eigenvalue weighted by atomic mass is 10.0. The van der Waals surface area contributed by atoms with Gasteiger partial charge in [0.05, 0.1) is 6.04 Å². The van der Waals surface area contributed by atoms with Crippen molar-refractivity contribution in [3.63, 3.8) is 0 Å². The molecule has 0 radical (unpaired) electrons. The maximum atomic E-state index is 12.1. The first kappa shape index (κ1) is 15.9. The molecule has 2 amide bonds. The number of hydrogen-bond acceptors (Lipinski definition) is 4.